The predicted molar refractivity (Wildman–Crippen MR) is 85.3 cm³/mol. The normalized spacial score (nSPS) is 20.8. The number of aromatic nitrogens is 1. The van der Waals surface area contributed by atoms with Gasteiger partial charge in [0.1, 0.15) is 0 Å². The van der Waals surface area contributed by atoms with Crippen LogP contribution in [0.25, 0.3) is 21.8 Å². The molecule has 0 saturated heterocycles. The van der Waals surface area contributed by atoms with Gasteiger partial charge < -0.3 is 8.68 Å². The maximum Gasteiger partial charge on any atom is 0.230 e. The lowest BCUT2D eigenvalue weighted by molar-refractivity contribution is 0.442. The summed E-state index contributed by atoms with van der Waals surface area (Å²) in [6.45, 7) is 4.49. The Morgan fingerprint density at radius 3 is 2.65 bits per heavy atom. The van der Waals surface area contributed by atoms with Crippen molar-refractivity contribution in [2.24, 2.45) is 0 Å². The Morgan fingerprint density at radius 2 is 1.90 bits per heavy atom. The van der Waals surface area contributed by atoms with Crippen LogP contribution in [0.4, 0.5) is 0 Å². The van der Waals surface area contributed by atoms with Gasteiger partial charge in [-0.25, -0.2) is 0 Å². The Kier molecular flexibility index (Phi) is 2.52. The van der Waals surface area contributed by atoms with Gasteiger partial charge in [0.05, 0.1) is 5.16 Å². The summed E-state index contributed by atoms with van der Waals surface area (Å²) in [6.07, 6.45) is 1.05. The van der Waals surface area contributed by atoms with Crippen molar-refractivity contribution >= 4 is 41.3 Å². The van der Waals surface area contributed by atoms with E-state index < -0.39 is 9.04 Å². The Morgan fingerprint density at radius 1 is 1.15 bits per heavy atom. The van der Waals surface area contributed by atoms with Crippen molar-refractivity contribution in [3.63, 3.8) is 0 Å². The van der Waals surface area contributed by atoms with Crippen LogP contribution >= 0.6 is 0 Å². The van der Waals surface area contributed by atoms with Crippen molar-refractivity contribution in [1.82, 2.24) is 4.57 Å². The number of hydrogen-bond donors (Lipinski definition) is 0. The summed E-state index contributed by atoms with van der Waals surface area (Å²) in [5.74, 6) is 0. The van der Waals surface area contributed by atoms with Gasteiger partial charge in [-0.1, -0.05) is 31.2 Å². The van der Waals surface area contributed by atoms with Crippen molar-refractivity contribution in [3.8, 4) is 0 Å². The first-order chi connectivity index (χ1) is 9.74. The Labute approximate surface area is 123 Å². The van der Waals surface area contributed by atoms with Crippen LogP contribution in [-0.2, 0) is 9.28 Å². The minimum atomic E-state index is -1.06. The smallest absolute Gasteiger partial charge is 0.230 e. The van der Waals surface area contributed by atoms with E-state index in [9.17, 15) is 0 Å². The Hall–Kier alpha value is -1.37. The molecule has 1 unspecified atom stereocenters. The number of benzene rings is 2. The van der Waals surface area contributed by atoms with E-state index in [1.54, 1.807) is 0 Å². The molecule has 1 atom stereocenters. The fourth-order valence-electron chi connectivity index (χ4n) is 3.83. The zero-order valence-corrected chi connectivity index (χ0v) is 13.6. The van der Waals surface area contributed by atoms with E-state index in [-0.39, 0.29) is 5.16 Å². The maximum absolute atomic E-state index is 5.67. The lowest BCUT2D eigenvalue weighted by Gasteiger charge is -2.42. The molecular weight excluding hydrogens is 278 g/mol. The molecule has 2 nitrogen and oxygen atoms in total. The van der Waals surface area contributed by atoms with E-state index in [1.807, 2.05) is 0 Å². The first-order valence-electron chi connectivity index (χ1n) is 6.96. The minimum absolute atomic E-state index is 0.0212. The SMILES string of the molecule is CCC1([Si](C)O[Si])c2ccc3c(c2)c2ccccc2n31. The van der Waals surface area contributed by atoms with Gasteiger partial charge in [0.15, 0.2) is 0 Å². The van der Waals surface area contributed by atoms with Crippen molar-refractivity contribution in [2.45, 2.75) is 25.1 Å². The number of hydrogen-bond acceptors (Lipinski definition) is 1. The summed E-state index contributed by atoms with van der Waals surface area (Å²) in [5.41, 5.74) is 4.04. The molecule has 0 saturated carbocycles. The zero-order chi connectivity index (χ0) is 13.9. The maximum atomic E-state index is 5.67. The molecule has 2 aliphatic rings. The van der Waals surface area contributed by atoms with Gasteiger partial charge in [0.2, 0.25) is 19.5 Å². The average molecular weight is 293 g/mol. The standard InChI is InChI=1S/C16H15NOSi2/c1-3-16(20(2)18-19)11-8-9-15-13(10-11)12-6-4-5-7-14(12)17(15)16/h4-10H,3H2,1-2H3. The van der Waals surface area contributed by atoms with Crippen LogP contribution < -0.4 is 0 Å². The lowest BCUT2D eigenvalue weighted by Crippen LogP contribution is -2.49. The third-order valence-electron chi connectivity index (χ3n) is 4.78. The van der Waals surface area contributed by atoms with Gasteiger partial charge in [0, 0.05) is 21.8 Å². The minimum Gasteiger partial charge on any atom is -0.456 e. The molecule has 0 N–H and O–H groups in total. The molecule has 98 valence electrons. The fraction of sp³-hybridized carbons (Fsp3) is 0.250. The van der Waals surface area contributed by atoms with Crippen LogP contribution in [0, 0.1) is 0 Å². The third kappa shape index (κ3) is 1.22. The molecule has 3 aromatic rings. The van der Waals surface area contributed by atoms with E-state index in [2.05, 4.69) is 71.0 Å². The molecule has 4 radical (unpaired) electrons. The summed E-state index contributed by atoms with van der Waals surface area (Å²) in [6, 6.07) is 15.6. The number of nitrogens with zero attached hydrogens (tertiary/aromatic N) is 1. The summed E-state index contributed by atoms with van der Waals surface area (Å²) in [4.78, 5) is 0. The number of fused-ring (bicyclic) bond motifs is 2. The summed E-state index contributed by atoms with van der Waals surface area (Å²) >= 11 is 0. The Balaban J connectivity index is 2.21. The third-order valence-corrected chi connectivity index (χ3v) is 8.03. The molecule has 2 aromatic carbocycles. The topological polar surface area (TPSA) is 14.2 Å². The van der Waals surface area contributed by atoms with Crippen LogP contribution in [0.15, 0.2) is 42.5 Å². The van der Waals surface area contributed by atoms with Crippen molar-refractivity contribution in [3.05, 3.63) is 48.0 Å². The van der Waals surface area contributed by atoms with Gasteiger partial charge in [-0.2, -0.15) is 0 Å². The summed E-state index contributed by atoms with van der Waals surface area (Å²) in [5, 5.41) is 2.70. The van der Waals surface area contributed by atoms with Gasteiger partial charge in [-0.15, -0.1) is 0 Å². The Bertz CT molecular complexity index is 803. The highest BCUT2D eigenvalue weighted by atomic mass is 28.3. The van der Waals surface area contributed by atoms with E-state index in [0.717, 1.165) is 6.42 Å². The molecule has 0 fully saturated rings. The molecule has 0 spiro atoms. The van der Waals surface area contributed by atoms with Crippen molar-refractivity contribution in [1.29, 1.82) is 0 Å². The van der Waals surface area contributed by atoms with Crippen LogP contribution in [0.3, 0.4) is 0 Å². The molecule has 20 heavy (non-hydrogen) atoms. The van der Waals surface area contributed by atoms with Gasteiger partial charge in [-0.3, -0.25) is 0 Å². The molecule has 2 aliphatic heterocycles. The first-order valence-corrected chi connectivity index (χ1v) is 9.27. The zero-order valence-electron chi connectivity index (χ0n) is 11.6. The highest BCUT2D eigenvalue weighted by Crippen LogP contribution is 2.46. The van der Waals surface area contributed by atoms with Gasteiger partial charge in [-0.05, 0) is 36.7 Å². The molecule has 0 aliphatic carbocycles. The van der Waals surface area contributed by atoms with Crippen LogP contribution in [0.2, 0.25) is 6.55 Å². The van der Waals surface area contributed by atoms with Crippen LogP contribution in [0.5, 0.6) is 0 Å². The highest BCUT2D eigenvalue weighted by Gasteiger charge is 2.45. The largest absolute Gasteiger partial charge is 0.456 e. The molecule has 3 heterocycles. The molecular formula is C16H15NOSi2. The number of para-hydroxylation sites is 1. The summed E-state index contributed by atoms with van der Waals surface area (Å²) < 4.78 is 8.19. The second kappa shape index (κ2) is 4.07. The van der Waals surface area contributed by atoms with Crippen molar-refractivity contribution in [2.75, 3.05) is 0 Å². The van der Waals surface area contributed by atoms with E-state index in [0.29, 0.717) is 0 Å². The second-order valence-corrected chi connectivity index (χ2v) is 8.21. The van der Waals surface area contributed by atoms with E-state index in [1.165, 1.54) is 27.4 Å². The monoisotopic (exact) mass is 293 g/mol. The molecule has 4 bridgehead atoms. The summed E-state index contributed by atoms with van der Waals surface area (Å²) in [7, 11) is 2.25. The fourth-order valence-corrected chi connectivity index (χ4v) is 6.12. The predicted octanol–water partition coefficient (Wildman–Crippen LogP) is 3.52. The van der Waals surface area contributed by atoms with Crippen molar-refractivity contribution < 1.29 is 4.12 Å². The highest BCUT2D eigenvalue weighted by molar-refractivity contribution is 6.58. The quantitative estimate of drug-likeness (QED) is 0.674. The molecule has 4 heteroatoms. The molecule has 1 aromatic heterocycles. The first kappa shape index (κ1) is 12.4. The van der Waals surface area contributed by atoms with Crippen LogP contribution in [0.1, 0.15) is 18.9 Å². The van der Waals surface area contributed by atoms with Gasteiger partial charge in [0.25, 0.3) is 0 Å². The molecule has 5 rings (SSSR count). The number of rotatable bonds is 3. The average Bonchev–Trinajstić information content (AvgIpc) is 2.80. The van der Waals surface area contributed by atoms with E-state index >= 15 is 0 Å². The van der Waals surface area contributed by atoms with Gasteiger partial charge >= 0.3 is 0 Å². The van der Waals surface area contributed by atoms with E-state index in [4.69, 9.17) is 4.12 Å². The molecule has 0 amide bonds. The second-order valence-electron chi connectivity index (χ2n) is 5.46. The lowest BCUT2D eigenvalue weighted by atomic mass is 9.97. The van der Waals surface area contributed by atoms with Crippen LogP contribution in [-0.4, -0.2) is 24.1 Å².